The molecule has 0 aliphatic carbocycles. The summed E-state index contributed by atoms with van der Waals surface area (Å²) in [5.41, 5.74) is 2.10. The molecule has 1 rings (SSSR count). The van der Waals surface area contributed by atoms with Crippen LogP contribution in [0.15, 0.2) is 12.1 Å². The molecule has 0 fully saturated rings. The van der Waals surface area contributed by atoms with E-state index < -0.39 is 0 Å². The highest BCUT2D eigenvalue weighted by Crippen LogP contribution is 2.20. The lowest BCUT2D eigenvalue weighted by atomic mass is 10.1. The number of hydrogen-bond donors (Lipinski definition) is 2. The topological polar surface area (TPSA) is 57.5 Å². The first-order chi connectivity index (χ1) is 6.15. The smallest absolute Gasteiger partial charge is 0.150 e. The van der Waals surface area contributed by atoms with E-state index in [4.69, 9.17) is 5.11 Å². The molecule has 0 aromatic heterocycles. The number of hydrogen-bond acceptors (Lipinski definition) is 3. The molecule has 0 unspecified atom stereocenters. The van der Waals surface area contributed by atoms with Crippen molar-refractivity contribution in [1.82, 2.24) is 0 Å². The fourth-order valence-corrected chi connectivity index (χ4v) is 0.989. The summed E-state index contributed by atoms with van der Waals surface area (Å²) >= 11 is 0. The Bertz CT molecular complexity index is 292. The van der Waals surface area contributed by atoms with Crippen LogP contribution in [0.25, 0.3) is 0 Å². The zero-order chi connectivity index (χ0) is 10.4. The van der Waals surface area contributed by atoms with Crippen LogP contribution >= 0.6 is 0 Å². The minimum atomic E-state index is 0.187. The predicted octanol–water partition coefficient (Wildman–Crippen LogP) is 1.43. The van der Waals surface area contributed by atoms with Crippen molar-refractivity contribution in [1.29, 1.82) is 0 Å². The van der Waals surface area contributed by atoms with Gasteiger partial charge in [-0.3, -0.25) is 4.79 Å². The number of carbonyl (C=O) groups excluding carboxylic acids is 1. The van der Waals surface area contributed by atoms with Crippen LogP contribution in [0.4, 0.5) is 0 Å². The van der Waals surface area contributed by atoms with Crippen LogP contribution in [0.5, 0.6) is 5.75 Å². The van der Waals surface area contributed by atoms with Gasteiger partial charge in [0.05, 0.1) is 0 Å². The minimum absolute atomic E-state index is 0.187. The molecule has 0 amide bonds. The number of aliphatic hydroxyl groups is 1. The van der Waals surface area contributed by atoms with Gasteiger partial charge < -0.3 is 10.2 Å². The van der Waals surface area contributed by atoms with Gasteiger partial charge in [-0.25, -0.2) is 0 Å². The average molecular weight is 182 g/mol. The van der Waals surface area contributed by atoms with Crippen molar-refractivity contribution in [3.63, 3.8) is 0 Å². The number of aryl methyl sites for hydroxylation is 1. The first-order valence-corrected chi connectivity index (χ1v) is 3.85. The Morgan fingerprint density at radius 3 is 2.23 bits per heavy atom. The van der Waals surface area contributed by atoms with Gasteiger partial charge in [0.1, 0.15) is 12.0 Å². The summed E-state index contributed by atoms with van der Waals surface area (Å²) in [5.74, 6) is 0.187. The maximum Gasteiger partial charge on any atom is 0.150 e. The first-order valence-electron chi connectivity index (χ1n) is 3.85. The van der Waals surface area contributed by atoms with Crippen LogP contribution in [0.1, 0.15) is 21.5 Å². The third kappa shape index (κ3) is 2.87. The fourth-order valence-electron chi connectivity index (χ4n) is 0.989. The number of benzene rings is 1. The van der Waals surface area contributed by atoms with Crippen molar-refractivity contribution in [2.75, 3.05) is 7.11 Å². The molecule has 0 spiro atoms. The third-order valence-electron chi connectivity index (χ3n) is 1.69. The fraction of sp³-hybridized carbons (Fsp3) is 0.300. The highest BCUT2D eigenvalue weighted by atomic mass is 16.3. The number of phenolic OH excluding ortho intramolecular Hbond substituents is 1. The number of aliphatic hydroxyl groups excluding tert-OH is 1. The lowest BCUT2D eigenvalue weighted by Gasteiger charge is -2.02. The summed E-state index contributed by atoms with van der Waals surface area (Å²) in [5, 5.41) is 16.3. The molecule has 0 radical (unpaired) electrons. The van der Waals surface area contributed by atoms with E-state index in [0.29, 0.717) is 11.1 Å². The van der Waals surface area contributed by atoms with Crippen molar-refractivity contribution < 1.29 is 15.0 Å². The Balaban J connectivity index is 0.000000671. The maximum absolute atomic E-state index is 10.4. The van der Waals surface area contributed by atoms with Crippen LogP contribution in [-0.4, -0.2) is 23.6 Å². The molecule has 1 aromatic carbocycles. The van der Waals surface area contributed by atoms with E-state index in [2.05, 4.69) is 0 Å². The zero-order valence-electron chi connectivity index (χ0n) is 8.03. The molecule has 0 saturated carbocycles. The first kappa shape index (κ1) is 11.6. The van der Waals surface area contributed by atoms with E-state index in [1.165, 1.54) is 0 Å². The molecule has 0 aliphatic heterocycles. The summed E-state index contributed by atoms with van der Waals surface area (Å²) in [6.07, 6.45) is 0.752. The quantitative estimate of drug-likeness (QED) is 0.646. The maximum atomic E-state index is 10.4. The molecule has 0 atom stereocenters. The lowest BCUT2D eigenvalue weighted by Crippen LogP contribution is -1.87. The highest BCUT2D eigenvalue weighted by Gasteiger charge is 2.02. The van der Waals surface area contributed by atoms with Gasteiger partial charge in [0, 0.05) is 18.2 Å². The summed E-state index contributed by atoms with van der Waals surface area (Å²) in [7, 11) is 1.00. The third-order valence-corrected chi connectivity index (χ3v) is 1.69. The Labute approximate surface area is 77.6 Å². The van der Waals surface area contributed by atoms with E-state index in [-0.39, 0.29) is 5.75 Å². The van der Waals surface area contributed by atoms with Crippen LogP contribution < -0.4 is 0 Å². The van der Waals surface area contributed by atoms with Crippen molar-refractivity contribution >= 4 is 6.29 Å². The van der Waals surface area contributed by atoms with E-state index in [1.54, 1.807) is 19.1 Å². The molecular formula is C10H14O3. The molecule has 1 aromatic rings. The Morgan fingerprint density at radius 1 is 1.23 bits per heavy atom. The number of phenols is 1. The van der Waals surface area contributed by atoms with Gasteiger partial charge in [-0.1, -0.05) is 0 Å². The Kier molecular flexibility index (Phi) is 4.77. The second-order valence-corrected chi connectivity index (χ2v) is 2.62. The summed E-state index contributed by atoms with van der Waals surface area (Å²) < 4.78 is 0. The molecule has 3 heteroatoms. The van der Waals surface area contributed by atoms with Crippen molar-refractivity contribution in [2.24, 2.45) is 0 Å². The molecule has 2 N–H and O–H groups in total. The average Bonchev–Trinajstić information content (AvgIpc) is 2.14. The lowest BCUT2D eigenvalue weighted by molar-refractivity contribution is 0.112. The SMILES string of the molecule is CO.Cc1cc(O)c(C)c(C=O)c1. The number of carbonyl (C=O) groups is 1. The zero-order valence-corrected chi connectivity index (χ0v) is 8.03. The second-order valence-electron chi connectivity index (χ2n) is 2.62. The van der Waals surface area contributed by atoms with Gasteiger partial charge in [0.2, 0.25) is 0 Å². The molecular weight excluding hydrogens is 168 g/mol. The van der Waals surface area contributed by atoms with Crippen LogP contribution in [0, 0.1) is 13.8 Å². The van der Waals surface area contributed by atoms with Gasteiger partial charge in [-0.2, -0.15) is 0 Å². The molecule has 0 bridgehead atoms. The second kappa shape index (κ2) is 5.32. The van der Waals surface area contributed by atoms with E-state index in [9.17, 15) is 9.90 Å². The van der Waals surface area contributed by atoms with Crippen molar-refractivity contribution in [2.45, 2.75) is 13.8 Å². The Hall–Kier alpha value is -1.35. The predicted molar refractivity (Wildman–Crippen MR) is 51.1 cm³/mol. The largest absolute Gasteiger partial charge is 0.508 e. The monoisotopic (exact) mass is 182 g/mol. The normalized spacial score (nSPS) is 8.62. The highest BCUT2D eigenvalue weighted by molar-refractivity contribution is 5.78. The van der Waals surface area contributed by atoms with Crippen LogP contribution in [0.2, 0.25) is 0 Å². The summed E-state index contributed by atoms with van der Waals surface area (Å²) in [4.78, 5) is 10.4. The molecule has 72 valence electrons. The summed E-state index contributed by atoms with van der Waals surface area (Å²) in [6.45, 7) is 3.56. The van der Waals surface area contributed by atoms with Gasteiger partial charge in [-0.05, 0) is 31.5 Å². The van der Waals surface area contributed by atoms with Crippen molar-refractivity contribution in [3.05, 3.63) is 28.8 Å². The van der Waals surface area contributed by atoms with Crippen molar-refractivity contribution in [3.8, 4) is 5.75 Å². The van der Waals surface area contributed by atoms with Crippen LogP contribution in [-0.2, 0) is 0 Å². The van der Waals surface area contributed by atoms with Gasteiger partial charge in [0.15, 0.2) is 0 Å². The standard InChI is InChI=1S/C9H10O2.CH4O/c1-6-3-8(5-10)7(2)9(11)4-6;1-2/h3-5,11H,1-2H3;2H,1H3. The molecule has 0 saturated heterocycles. The number of aromatic hydroxyl groups is 1. The summed E-state index contributed by atoms with van der Waals surface area (Å²) in [6, 6.07) is 3.39. The van der Waals surface area contributed by atoms with Gasteiger partial charge >= 0.3 is 0 Å². The molecule has 13 heavy (non-hydrogen) atoms. The molecule has 0 aliphatic rings. The van der Waals surface area contributed by atoms with Crippen LogP contribution in [0.3, 0.4) is 0 Å². The van der Waals surface area contributed by atoms with E-state index in [0.717, 1.165) is 19.0 Å². The molecule has 3 nitrogen and oxygen atoms in total. The minimum Gasteiger partial charge on any atom is -0.508 e. The van der Waals surface area contributed by atoms with E-state index in [1.807, 2.05) is 6.92 Å². The number of aldehydes is 1. The molecule has 0 heterocycles. The Morgan fingerprint density at radius 2 is 1.77 bits per heavy atom. The van der Waals surface area contributed by atoms with E-state index >= 15 is 0 Å². The van der Waals surface area contributed by atoms with Gasteiger partial charge in [0.25, 0.3) is 0 Å². The number of rotatable bonds is 1. The van der Waals surface area contributed by atoms with Gasteiger partial charge in [-0.15, -0.1) is 0 Å².